The summed E-state index contributed by atoms with van der Waals surface area (Å²) in [7, 11) is 0. The summed E-state index contributed by atoms with van der Waals surface area (Å²) in [4.78, 5) is 0. The molecule has 5 nitrogen and oxygen atoms in total. The molecule has 0 aliphatic rings. The molecule has 1 heterocycles. The molecule has 0 atom stereocenters. The topological polar surface area (TPSA) is 69.6 Å². The second-order valence-electron chi connectivity index (χ2n) is 4.91. The molecule has 0 saturated heterocycles. The van der Waals surface area contributed by atoms with Crippen LogP contribution in [0.1, 0.15) is 11.1 Å². The van der Waals surface area contributed by atoms with Crippen LogP contribution in [0.2, 0.25) is 0 Å². The van der Waals surface area contributed by atoms with Crippen molar-refractivity contribution in [1.82, 2.24) is 20.2 Å². The third-order valence-corrected chi connectivity index (χ3v) is 3.46. The van der Waals surface area contributed by atoms with Crippen molar-refractivity contribution in [1.29, 1.82) is 0 Å². The summed E-state index contributed by atoms with van der Waals surface area (Å²) in [5, 5.41) is 11.6. The van der Waals surface area contributed by atoms with Gasteiger partial charge in [-0.05, 0) is 65.7 Å². The molecule has 0 aliphatic heterocycles. The Bertz CT molecular complexity index is 810. The highest BCUT2D eigenvalue weighted by atomic mass is 19.1. The van der Waals surface area contributed by atoms with Crippen LogP contribution in [-0.4, -0.2) is 20.2 Å². The zero-order valence-electron chi connectivity index (χ0n) is 11.7. The van der Waals surface area contributed by atoms with Gasteiger partial charge in [0.1, 0.15) is 5.82 Å². The molecule has 0 saturated carbocycles. The Labute approximate surface area is 121 Å². The highest BCUT2D eigenvalue weighted by molar-refractivity contribution is 5.72. The molecule has 3 rings (SSSR count). The van der Waals surface area contributed by atoms with Gasteiger partial charge >= 0.3 is 0 Å². The summed E-state index contributed by atoms with van der Waals surface area (Å²) in [6.07, 6.45) is 0. The van der Waals surface area contributed by atoms with Gasteiger partial charge in [-0.2, -0.15) is 4.68 Å². The fourth-order valence-corrected chi connectivity index (χ4v) is 2.11. The summed E-state index contributed by atoms with van der Waals surface area (Å²) in [6.45, 7) is 4.05. The van der Waals surface area contributed by atoms with Crippen molar-refractivity contribution in [2.24, 2.45) is 0 Å². The van der Waals surface area contributed by atoms with Gasteiger partial charge in [0, 0.05) is 11.3 Å². The van der Waals surface area contributed by atoms with E-state index in [-0.39, 0.29) is 5.82 Å². The SMILES string of the molecule is Cc1ccc(-n2nnnc2-c2cc(F)ccc2N)cc1C. The minimum atomic E-state index is -0.381. The molecule has 0 amide bonds. The number of tetrazole rings is 1. The smallest absolute Gasteiger partial charge is 0.189 e. The molecule has 2 N–H and O–H groups in total. The number of nitrogens with zero attached hydrogens (tertiary/aromatic N) is 4. The van der Waals surface area contributed by atoms with Gasteiger partial charge in [-0.1, -0.05) is 6.07 Å². The average molecular weight is 283 g/mol. The van der Waals surface area contributed by atoms with E-state index in [4.69, 9.17) is 5.73 Å². The molecular weight excluding hydrogens is 269 g/mol. The number of rotatable bonds is 2. The average Bonchev–Trinajstić information content (AvgIpc) is 2.93. The summed E-state index contributed by atoms with van der Waals surface area (Å²) in [5.41, 5.74) is 9.92. The fraction of sp³-hybridized carbons (Fsp3) is 0.133. The van der Waals surface area contributed by atoms with E-state index >= 15 is 0 Å². The second-order valence-corrected chi connectivity index (χ2v) is 4.91. The number of nitrogen functional groups attached to an aromatic ring is 1. The van der Waals surface area contributed by atoms with E-state index in [0.717, 1.165) is 11.3 Å². The summed E-state index contributed by atoms with van der Waals surface area (Å²) in [5.74, 6) is 0.0316. The maximum absolute atomic E-state index is 13.5. The number of halogens is 1. The van der Waals surface area contributed by atoms with E-state index in [1.807, 2.05) is 32.0 Å². The highest BCUT2D eigenvalue weighted by Crippen LogP contribution is 2.26. The van der Waals surface area contributed by atoms with Gasteiger partial charge in [0.15, 0.2) is 5.82 Å². The molecule has 0 bridgehead atoms. The van der Waals surface area contributed by atoms with Crippen molar-refractivity contribution in [2.45, 2.75) is 13.8 Å². The fourth-order valence-electron chi connectivity index (χ4n) is 2.11. The van der Waals surface area contributed by atoms with Crippen LogP contribution in [0.3, 0.4) is 0 Å². The molecule has 6 heteroatoms. The van der Waals surface area contributed by atoms with Crippen LogP contribution in [0.4, 0.5) is 10.1 Å². The van der Waals surface area contributed by atoms with Crippen LogP contribution in [0.25, 0.3) is 17.1 Å². The van der Waals surface area contributed by atoms with Crippen molar-refractivity contribution in [3.8, 4) is 17.1 Å². The minimum Gasteiger partial charge on any atom is -0.398 e. The first-order chi connectivity index (χ1) is 10.1. The second kappa shape index (κ2) is 4.97. The van der Waals surface area contributed by atoms with Crippen LogP contribution >= 0.6 is 0 Å². The molecule has 3 aromatic rings. The Balaban J connectivity index is 2.17. The normalized spacial score (nSPS) is 10.8. The van der Waals surface area contributed by atoms with Gasteiger partial charge in [0.2, 0.25) is 0 Å². The molecule has 2 aromatic carbocycles. The Morgan fingerprint density at radius 1 is 1.05 bits per heavy atom. The van der Waals surface area contributed by atoms with E-state index in [1.54, 1.807) is 4.68 Å². The van der Waals surface area contributed by atoms with Crippen molar-refractivity contribution >= 4 is 5.69 Å². The quantitative estimate of drug-likeness (QED) is 0.734. The lowest BCUT2D eigenvalue weighted by atomic mass is 10.1. The zero-order valence-corrected chi connectivity index (χ0v) is 11.7. The predicted octanol–water partition coefficient (Wildman–Crippen LogP) is 2.67. The van der Waals surface area contributed by atoms with Crippen LogP contribution in [-0.2, 0) is 0 Å². The predicted molar refractivity (Wildman–Crippen MR) is 78.4 cm³/mol. The van der Waals surface area contributed by atoms with Gasteiger partial charge < -0.3 is 5.73 Å². The van der Waals surface area contributed by atoms with Crippen LogP contribution in [0, 0.1) is 19.7 Å². The van der Waals surface area contributed by atoms with Crippen molar-refractivity contribution in [2.75, 3.05) is 5.73 Å². The molecular formula is C15H14FN5. The van der Waals surface area contributed by atoms with Gasteiger partial charge in [-0.15, -0.1) is 5.10 Å². The number of aromatic nitrogens is 4. The lowest BCUT2D eigenvalue weighted by Crippen LogP contribution is -2.02. The maximum atomic E-state index is 13.5. The number of nitrogens with two attached hydrogens (primary N) is 1. The van der Waals surface area contributed by atoms with Crippen molar-refractivity contribution in [3.63, 3.8) is 0 Å². The zero-order chi connectivity index (χ0) is 15.0. The molecule has 0 spiro atoms. The van der Waals surface area contributed by atoms with E-state index in [0.29, 0.717) is 17.1 Å². The number of anilines is 1. The maximum Gasteiger partial charge on any atom is 0.189 e. The lowest BCUT2D eigenvalue weighted by molar-refractivity contribution is 0.628. The minimum absolute atomic E-state index is 0.381. The Morgan fingerprint density at radius 2 is 1.86 bits per heavy atom. The van der Waals surface area contributed by atoms with Crippen LogP contribution in [0.5, 0.6) is 0 Å². The van der Waals surface area contributed by atoms with Crippen LogP contribution < -0.4 is 5.73 Å². The molecule has 0 fully saturated rings. The van der Waals surface area contributed by atoms with Gasteiger partial charge in [-0.3, -0.25) is 0 Å². The Kier molecular flexibility index (Phi) is 3.13. The standard InChI is InChI=1S/C15H14FN5/c1-9-3-5-12(7-10(9)2)21-15(18-19-20-21)13-8-11(16)4-6-14(13)17/h3-8H,17H2,1-2H3. The number of hydrogen-bond donors (Lipinski definition) is 1. The van der Waals surface area contributed by atoms with Crippen molar-refractivity contribution in [3.05, 3.63) is 53.3 Å². The lowest BCUT2D eigenvalue weighted by Gasteiger charge is -2.08. The van der Waals surface area contributed by atoms with Crippen LogP contribution in [0.15, 0.2) is 36.4 Å². The molecule has 106 valence electrons. The summed E-state index contributed by atoms with van der Waals surface area (Å²) in [6, 6.07) is 10.0. The highest BCUT2D eigenvalue weighted by Gasteiger charge is 2.14. The third kappa shape index (κ3) is 2.35. The monoisotopic (exact) mass is 283 g/mol. The summed E-state index contributed by atoms with van der Waals surface area (Å²) < 4.78 is 15.0. The molecule has 21 heavy (non-hydrogen) atoms. The number of hydrogen-bond acceptors (Lipinski definition) is 4. The van der Waals surface area contributed by atoms with Crippen molar-refractivity contribution < 1.29 is 4.39 Å². The molecule has 0 radical (unpaired) electrons. The first kappa shape index (κ1) is 13.2. The largest absolute Gasteiger partial charge is 0.398 e. The Morgan fingerprint density at radius 3 is 2.62 bits per heavy atom. The first-order valence-corrected chi connectivity index (χ1v) is 6.47. The summed E-state index contributed by atoms with van der Waals surface area (Å²) >= 11 is 0. The van der Waals surface area contributed by atoms with E-state index < -0.39 is 0 Å². The van der Waals surface area contributed by atoms with Gasteiger partial charge in [0.25, 0.3) is 0 Å². The van der Waals surface area contributed by atoms with E-state index in [2.05, 4.69) is 15.5 Å². The number of aryl methyl sites for hydroxylation is 2. The Hall–Kier alpha value is -2.76. The van der Waals surface area contributed by atoms with Gasteiger partial charge in [0.05, 0.1) is 5.69 Å². The van der Waals surface area contributed by atoms with Gasteiger partial charge in [-0.25, -0.2) is 4.39 Å². The molecule has 0 aliphatic carbocycles. The van der Waals surface area contributed by atoms with E-state index in [1.165, 1.54) is 23.8 Å². The van der Waals surface area contributed by atoms with E-state index in [9.17, 15) is 4.39 Å². The number of benzene rings is 2. The molecule has 0 unspecified atom stereocenters. The third-order valence-electron chi connectivity index (χ3n) is 3.46. The first-order valence-electron chi connectivity index (χ1n) is 6.47. The molecule has 1 aromatic heterocycles.